The van der Waals surface area contributed by atoms with E-state index in [2.05, 4.69) is 41.5 Å². The summed E-state index contributed by atoms with van der Waals surface area (Å²) in [5.74, 6) is -1.65. The Morgan fingerprint density at radius 1 is 0.793 bits per heavy atom. The van der Waals surface area contributed by atoms with Crippen LogP contribution in [0.4, 0.5) is 36.4 Å². The quantitative estimate of drug-likeness (QED) is 0.0668. The fourth-order valence-electron chi connectivity index (χ4n) is 5.80. The lowest BCUT2D eigenvalue weighted by Gasteiger charge is -2.25. The van der Waals surface area contributed by atoms with Crippen molar-refractivity contribution in [1.82, 2.24) is 25.6 Å². The standard InChI is InChI=1S/C41H40ClF3N8O5/c1-39(2,23-47-34(55)35(56)48-30-17-18-31(32(21-30)57-3)25-7-5-4-6-8-25)22-46-33(54)26-9-15-29(16-10-26)49-36-50-37(52-38(51-36)58-24-41(43,44)45)53-40(19-20-40)27-11-13-28(42)14-12-27/h4-18,21H,19-20,22-24H2,1-3H3,(H,46,54)(H,47,55)(H,48,56)(H2,49,50,51,52,53). The first kappa shape index (κ1) is 41.2. The van der Waals surface area contributed by atoms with E-state index in [1.54, 1.807) is 54.6 Å². The minimum atomic E-state index is -4.61. The molecule has 5 N–H and O–H groups in total. The van der Waals surface area contributed by atoms with Crippen LogP contribution in [0.5, 0.6) is 11.8 Å². The minimum absolute atomic E-state index is 0.00652. The van der Waals surface area contributed by atoms with Crippen LogP contribution in [0.15, 0.2) is 97.1 Å². The van der Waals surface area contributed by atoms with Crippen molar-refractivity contribution >= 4 is 52.6 Å². The van der Waals surface area contributed by atoms with Gasteiger partial charge in [-0.15, -0.1) is 0 Å². The Morgan fingerprint density at radius 2 is 1.45 bits per heavy atom. The second kappa shape index (κ2) is 17.4. The first-order chi connectivity index (χ1) is 27.6. The van der Waals surface area contributed by atoms with Crippen molar-refractivity contribution in [3.8, 4) is 22.9 Å². The maximum absolute atomic E-state index is 13.0. The monoisotopic (exact) mass is 816 g/mol. The van der Waals surface area contributed by atoms with Crippen LogP contribution in [-0.4, -0.2) is 65.7 Å². The van der Waals surface area contributed by atoms with Gasteiger partial charge in [0.15, 0.2) is 6.61 Å². The molecule has 0 unspecified atom stereocenters. The van der Waals surface area contributed by atoms with Crippen LogP contribution in [0.2, 0.25) is 5.02 Å². The van der Waals surface area contributed by atoms with Crippen LogP contribution in [0.1, 0.15) is 42.6 Å². The Bertz CT molecular complexity index is 2260. The average molecular weight is 817 g/mol. The number of carbonyl (C=O) groups excluding carboxylic acids is 3. The molecule has 1 fully saturated rings. The third-order valence-electron chi connectivity index (χ3n) is 9.09. The Kier molecular flexibility index (Phi) is 12.4. The molecule has 0 atom stereocenters. The number of carbonyl (C=O) groups is 3. The van der Waals surface area contributed by atoms with Crippen LogP contribution in [0.25, 0.3) is 11.1 Å². The lowest BCUT2D eigenvalue weighted by Crippen LogP contribution is -2.44. The number of nitrogens with one attached hydrogen (secondary N) is 5. The van der Waals surface area contributed by atoms with E-state index in [1.165, 1.54) is 7.11 Å². The van der Waals surface area contributed by atoms with Crippen molar-refractivity contribution in [1.29, 1.82) is 0 Å². The summed E-state index contributed by atoms with van der Waals surface area (Å²) >= 11 is 6.04. The van der Waals surface area contributed by atoms with Crippen LogP contribution < -0.4 is 36.1 Å². The number of aromatic nitrogens is 3. The topological polar surface area (TPSA) is 168 Å². The van der Waals surface area contributed by atoms with E-state index in [1.807, 2.05) is 56.3 Å². The highest BCUT2D eigenvalue weighted by molar-refractivity contribution is 6.39. The Morgan fingerprint density at radius 3 is 2.10 bits per heavy atom. The maximum Gasteiger partial charge on any atom is 0.422 e. The second-order valence-electron chi connectivity index (χ2n) is 14.4. The number of benzene rings is 4. The molecule has 5 aromatic rings. The number of rotatable bonds is 15. The van der Waals surface area contributed by atoms with Crippen molar-refractivity contribution in [3.63, 3.8) is 0 Å². The molecule has 17 heteroatoms. The molecule has 6 rings (SSSR count). The van der Waals surface area contributed by atoms with Crippen LogP contribution >= 0.6 is 11.6 Å². The molecule has 302 valence electrons. The van der Waals surface area contributed by atoms with E-state index >= 15 is 0 Å². The summed E-state index contributed by atoms with van der Waals surface area (Å²) in [6.07, 6.45) is -3.15. The Hall–Kier alpha value is -6.42. The summed E-state index contributed by atoms with van der Waals surface area (Å²) in [5, 5.41) is 14.8. The molecule has 0 bridgehead atoms. The molecule has 3 amide bonds. The molecule has 13 nitrogen and oxygen atoms in total. The third-order valence-corrected chi connectivity index (χ3v) is 9.34. The van der Waals surface area contributed by atoms with Crippen molar-refractivity contribution in [2.24, 2.45) is 5.41 Å². The van der Waals surface area contributed by atoms with Gasteiger partial charge in [-0.3, -0.25) is 14.4 Å². The Labute approximate surface area is 337 Å². The van der Waals surface area contributed by atoms with E-state index in [4.69, 9.17) is 21.1 Å². The molecular weight excluding hydrogens is 777 g/mol. The summed E-state index contributed by atoms with van der Waals surface area (Å²) in [4.78, 5) is 50.9. The number of nitrogens with zero attached hydrogens (tertiary/aromatic N) is 3. The number of methoxy groups -OCH3 is 1. The zero-order valence-electron chi connectivity index (χ0n) is 31.7. The summed E-state index contributed by atoms with van der Waals surface area (Å²) in [6.45, 7) is 2.27. The SMILES string of the molecule is COc1cc(NC(=O)C(=O)NCC(C)(C)CNC(=O)c2ccc(Nc3nc(NC4(c5ccc(Cl)cc5)CC4)nc(OCC(F)(F)F)n3)cc2)ccc1-c1ccccc1. The summed E-state index contributed by atoms with van der Waals surface area (Å²) in [6, 6.07) is 27.6. The molecule has 0 spiro atoms. The molecular formula is C41H40ClF3N8O5. The molecule has 1 aliphatic carbocycles. The molecule has 1 aromatic heterocycles. The predicted molar refractivity (Wildman–Crippen MR) is 213 cm³/mol. The number of anilines is 4. The molecule has 1 aliphatic rings. The van der Waals surface area contributed by atoms with Gasteiger partial charge in [-0.1, -0.05) is 67.9 Å². The van der Waals surface area contributed by atoms with E-state index < -0.39 is 47.5 Å². The lowest BCUT2D eigenvalue weighted by atomic mass is 9.93. The zero-order chi connectivity index (χ0) is 41.5. The molecule has 58 heavy (non-hydrogen) atoms. The molecule has 4 aromatic carbocycles. The van der Waals surface area contributed by atoms with Gasteiger partial charge in [-0.05, 0) is 77.9 Å². The minimum Gasteiger partial charge on any atom is -0.496 e. The van der Waals surface area contributed by atoms with Gasteiger partial charge in [0.05, 0.1) is 12.6 Å². The zero-order valence-corrected chi connectivity index (χ0v) is 32.4. The molecule has 0 saturated heterocycles. The van der Waals surface area contributed by atoms with E-state index in [9.17, 15) is 27.6 Å². The van der Waals surface area contributed by atoms with Crippen molar-refractivity contribution in [3.05, 3.63) is 113 Å². The van der Waals surface area contributed by atoms with E-state index in [0.717, 1.165) is 29.5 Å². The molecule has 1 saturated carbocycles. The number of ether oxygens (including phenoxy) is 2. The summed E-state index contributed by atoms with van der Waals surface area (Å²) in [5.41, 5.74) is 2.64. The van der Waals surface area contributed by atoms with Crippen LogP contribution in [0.3, 0.4) is 0 Å². The fraction of sp³-hybridized carbons (Fsp3) is 0.268. The smallest absolute Gasteiger partial charge is 0.422 e. The van der Waals surface area contributed by atoms with Crippen LogP contribution in [-0.2, 0) is 15.1 Å². The second-order valence-corrected chi connectivity index (χ2v) is 14.8. The van der Waals surface area contributed by atoms with Crippen molar-refractivity contribution in [2.45, 2.75) is 38.4 Å². The molecule has 1 heterocycles. The van der Waals surface area contributed by atoms with Gasteiger partial charge in [0.2, 0.25) is 11.9 Å². The lowest BCUT2D eigenvalue weighted by molar-refractivity contribution is -0.154. The van der Waals surface area contributed by atoms with Crippen LogP contribution in [0, 0.1) is 5.41 Å². The number of amides is 3. The summed E-state index contributed by atoms with van der Waals surface area (Å²) in [7, 11) is 1.52. The number of hydrogen-bond acceptors (Lipinski definition) is 10. The highest BCUT2D eigenvalue weighted by Gasteiger charge is 2.45. The fourth-order valence-corrected chi connectivity index (χ4v) is 5.93. The number of hydrogen-bond donors (Lipinski definition) is 5. The number of alkyl halides is 3. The van der Waals surface area contributed by atoms with Gasteiger partial charge in [0.1, 0.15) is 5.75 Å². The Balaban J connectivity index is 1.02. The highest BCUT2D eigenvalue weighted by atomic mass is 35.5. The summed E-state index contributed by atoms with van der Waals surface area (Å²) < 4.78 is 49.3. The van der Waals surface area contributed by atoms with Gasteiger partial charge in [0.25, 0.3) is 5.91 Å². The van der Waals surface area contributed by atoms with E-state index in [0.29, 0.717) is 27.7 Å². The first-order valence-electron chi connectivity index (χ1n) is 18.1. The van der Waals surface area contributed by atoms with Gasteiger partial charge in [0, 0.05) is 46.7 Å². The van der Waals surface area contributed by atoms with E-state index in [-0.39, 0.29) is 25.0 Å². The maximum atomic E-state index is 13.0. The van der Waals surface area contributed by atoms with Gasteiger partial charge < -0.3 is 36.1 Å². The number of halogens is 4. The van der Waals surface area contributed by atoms with Gasteiger partial charge >= 0.3 is 24.0 Å². The predicted octanol–water partition coefficient (Wildman–Crippen LogP) is 7.50. The van der Waals surface area contributed by atoms with Gasteiger partial charge in [-0.2, -0.15) is 28.1 Å². The largest absolute Gasteiger partial charge is 0.496 e. The first-order valence-corrected chi connectivity index (χ1v) is 18.5. The van der Waals surface area contributed by atoms with Gasteiger partial charge in [-0.25, -0.2) is 0 Å². The molecule has 0 radical (unpaired) electrons. The van der Waals surface area contributed by atoms with Crippen molar-refractivity contribution < 1.29 is 37.0 Å². The third kappa shape index (κ3) is 11.1. The van der Waals surface area contributed by atoms with Crippen molar-refractivity contribution in [2.75, 3.05) is 42.8 Å². The molecule has 0 aliphatic heterocycles. The highest BCUT2D eigenvalue weighted by Crippen LogP contribution is 2.48. The normalized spacial score (nSPS) is 13.2. The average Bonchev–Trinajstić information content (AvgIpc) is 3.99.